The first-order valence-electron chi connectivity index (χ1n) is 10.8. The van der Waals surface area contributed by atoms with E-state index in [1.165, 1.54) is 18.2 Å². The van der Waals surface area contributed by atoms with Crippen LogP contribution in [0.2, 0.25) is 0 Å². The predicted molar refractivity (Wildman–Crippen MR) is 119 cm³/mol. The Morgan fingerprint density at radius 2 is 1.97 bits per heavy atom. The summed E-state index contributed by atoms with van der Waals surface area (Å²) in [4.78, 5) is 16.3. The van der Waals surface area contributed by atoms with Gasteiger partial charge in [0.05, 0.1) is 6.04 Å². The summed E-state index contributed by atoms with van der Waals surface area (Å²) in [5, 5.41) is 9.90. The average Bonchev–Trinajstić information content (AvgIpc) is 3.35. The Kier molecular flexibility index (Phi) is 4.91. The summed E-state index contributed by atoms with van der Waals surface area (Å²) in [6, 6.07) is 9.66. The molecule has 0 spiro atoms. The van der Waals surface area contributed by atoms with Crippen LogP contribution in [0.4, 0.5) is 8.78 Å². The number of hydrogen-bond acceptors (Lipinski definition) is 3. The largest absolute Gasteiger partial charge is 0.478 e. The van der Waals surface area contributed by atoms with Crippen LogP contribution in [0.15, 0.2) is 42.5 Å². The second-order valence-corrected chi connectivity index (χ2v) is 9.12. The monoisotopic (exact) mass is 437 g/mol. The first-order valence-corrected chi connectivity index (χ1v) is 10.8. The highest BCUT2D eigenvalue weighted by atomic mass is 19.1. The average molecular weight is 437 g/mol. The van der Waals surface area contributed by atoms with Crippen molar-refractivity contribution in [1.29, 1.82) is 0 Å². The first kappa shape index (κ1) is 20.8. The van der Waals surface area contributed by atoms with Crippen LogP contribution in [0.1, 0.15) is 48.2 Å². The molecule has 1 fully saturated rings. The summed E-state index contributed by atoms with van der Waals surface area (Å²) in [5.74, 6) is -2.58. The van der Waals surface area contributed by atoms with E-state index in [1.807, 2.05) is 24.3 Å². The molecule has 1 saturated carbocycles. The molecule has 5 rings (SSSR count). The number of carboxylic acid groups (broad SMARTS) is 1. The van der Waals surface area contributed by atoms with E-state index in [0.29, 0.717) is 6.54 Å². The molecule has 7 heteroatoms. The van der Waals surface area contributed by atoms with Crippen LogP contribution in [-0.4, -0.2) is 39.1 Å². The number of nitrogens with one attached hydrogen (secondary N) is 1. The Balaban J connectivity index is 1.68. The van der Waals surface area contributed by atoms with E-state index in [1.54, 1.807) is 0 Å². The van der Waals surface area contributed by atoms with Crippen LogP contribution in [0.25, 0.3) is 17.0 Å². The number of H-pyrrole nitrogens is 1. The molecule has 4 N–H and O–H groups in total. The highest BCUT2D eigenvalue weighted by Crippen LogP contribution is 2.45. The van der Waals surface area contributed by atoms with Gasteiger partial charge in [-0.15, -0.1) is 0 Å². The lowest BCUT2D eigenvalue weighted by atomic mass is 9.87. The maximum atomic E-state index is 15.4. The molecular weight excluding hydrogens is 412 g/mol. The van der Waals surface area contributed by atoms with E-state index in [2.05, 4.69) is 16.8 Å². The molecule has 2 aliphatic rings. The summed E-state index contributed by atoms with van der Waals surface area (Å²) in [5.41, 5.74) is 9.04. The SMILES string of the molecule is C[C@@H]1Cc2c([nH]c3ccccc23)[C@@H](c2c(F)cc(/C=C/C(=O)O)cc2F)N1CC1(N)CC1. The van der Waals surface area contributed by atoms with Crippen LogP contribution in [0.3, 0.4) is 0 Å². The van der Waals surface area contributed by atoms with E-state index in [-0.39, 0.29) is 22.7 Å². The summed E-state index contributed by atoms with van der Waals surface area (Å²) in [6.45, 7) is 2.62. The van der Waals surface area contributed by atoms with Gasteiger partial charge in [-0.1, -0.05) is 18.2 Å². The number of aromatic amines is 1. The molecule has 5 nitrogen and oxygen atoms in total. The van der Waals surface area contributed by atoms with Crippen molar-refractivity contribution in [3.63, 3.8) is 0 Å². The van der Waals surface area contributed by atoms with Gasteiger partial charge in [0.2, 0.25) is 0 Å². The number of carbonyl (C=O) groups is 1. The quantitative estimate of drug-likeness (QED) is 0.518. The van der Waals surface area contributed by atoms with E-state index >= 15 is 8.78 Å². The summed E-state index contributed by atoms with van der Waals surface area (Å²) >= 11 is 0. The zero-order chi connectivity index (χ0) is 22.6. The number of para-hydroxylation sites is 1. The lowest BCUT2D eigenvalue weighted by Crippen LogP contribution is -2.49. The number of fused-ring (bicyclic) bond motifs is 3. The Morgan fingerprint density at radius 3 is 2.62 bits per heavy atom. The summed E-state index contributed by atoms with van der Waals surface area (Å²) in [6.07, 6.45) is 4.60. The number of nitrogens with two attached hydrogens (primary N) is 1. The molecule has 0 saturated heterocycles. The Morgan fingerprint density at radius 1 is 1.28 bits per heavy atom. The fraction of sp³-hybridized carbons (Fsp3) is 0.320. The van der Waals surface area contributed by atoms with Crippen molar-refractivity contribution >= 4 is 22.9 Å². The van der Waals surface area contributed by atoms with Gasteiger partial charge in [-0.3, -0.25) is 4.90 Å². The maximum absolute atomic E-state index is 15.4. The fourth-order valence-electron chi connectivity index (χ4n) is 4.88. The molecule has 0 bridgehead atoms. The highest BCUT2D eigenvalue weighted by molar-refractivity contribution is 5.86. The molecule has 1 aliphatic heterocycles. The second-order valence-electron chi connectivity index (χ2n) is 9.12. The van der Waals surface area contributed by atoms with Crippen LogP contribution in [0.5, 0.6) is 0 Å². The maximum Gasteiger partial charge on any atom is 0.328 e. The fourth-order valence-corrected chi connectivity index (χ4v) is 4.88. The van der Waals surface area contributed by atoms with Gasteiger partial charge in [-0.05, 0) is 61.6 Å². The smallest absolute Gasteiger partial charge is 0.328 e. The molecular formula is C25H25F2N3O2. The van der Waals surface area contributed by atoms with Gasteiger partial charge in [0.15, 0.2) is 0 Å². The third-order valence-corrected chi connectivity index (χ3v) is 6.70. The van der Waals surface area contributed by atoms with E-state index in [4.69, 9.17) is 10.8 Å². The van der Waals surface area contributed by atoms with Crippen molar-refractivity contribution < 1.29 is 18.7 Å². The zero-order valence-corrected chi connectivity index (χ0v) is 17.7. The second kappa shape index (κ2) is 7.53. The molecule has 3 aromatic rings. The van der Waals surface area contributed by atoms with Crippen molar-refractivity contribution in [2.24, 2.45) is 5.73 Å². The van der Waals surface area contributed by atoms with E-state index in [9.17, 15) is 4.79 Å². The number of carboxylic acids is 1. The number of aliphatic carboxylic acids is 1. The molecule has 0 unspecified atom stereocenters. The van der Waals surface area contributed by atoms with Crippen molar-refractivity contribution in [1.82, 2.24) is 9.88 Å². The number of halogens is 2. The minimum Gasteiger partial charge on any atom is -0.478 e. The molecule has 0 radical (unpaired) electrons. The van der Waals surface area contributed by atoms with Gasteiger partial charge < -0.3 is 15.8 Å². The number of benzene rings is 2. The van der Waals surface area contributed by atoms with Crippen LogP contribution < -0.4 is 5.73 Å². The van der Waals surface area contributed by atoms with Gasteiger partial charge in [0.25, 0.3) is 0 Å². The number of hydrogen-bond donors (Lipinski definition) is 3. The van der Waals surface area contributed by atoms with Gasteiger partial charge in [-0.25, -0.2) is 13.6 Å². The number of nitrogens with zero attached hydrogens (tertiary/aromatic N) is 1. The number of rotatable bonds is 5. The third-order valence-electron chi connectivity index (χ3n) is 6.70. The van der Waals surface area contributed by atoms with Gasteiger partial charge >= 0.3 is 5.97 Å². The molecule has 32 heavy (non-hydrogen) atoms. The summed E-state index contributed by atoms with van der Waals surface area (Å²) in [7, 11) is 0. The van der Waals surface area contributed by atoms with Crippen molar-refractivity contribution in [3.05, 3.63) is 76.5 Å². The van der Waals surface area contributed by atoms with E-state index < -0.39 is 23.6 Å². The minimum atomic E-state index is -1.18. The molecule has 2 aromatic carbocycles. The molecule has 1 aliphatic carbocycles. The topological polar surface area (TPSA) is 82.4 Å². The van der Waals surface area contributed by atoms with E-state index in [0.717, 1.165) is 47.5 Å². The highest BCUT2D eigenvalue weighted by Gasteiger charge is 2.46. The predicted octanol–water partition coefficient (Wildman–Crippen LogP) is 4.37. The first-order chi connectivity index (χ1) is 15.3. The standard InChI is InChI=1S/C25H25F2N3O2/c1-14-10-17-16-4-2-3-5-20(16)29-23(17)24(30(14)13-25(28)8-9-25)22-18(26)11-15(12-19(22)27)6-7-21(31)32/h2-7,11-12,14,24,29H,8-10,13,28H2,1H3,(H,31,32)/b7-6+/t14-,24-/m1/s1. The Labute approximate surface area is 184 Å². The van der Waals surface area contributed by atoms with Crippen molar-refractivity contribution in [2.75, 3.05) is 6.54 Å². The molecule has 166 valence electrons. The normalized spacial score (nSPS) is 22.4. The zero-order valence-electron chi connectivity index (χ0n) is 17.7. The van der Waals surface area contributed by atoms with Crippen LogP contribution in [-0.2, 0) is 11.2 Å². The van der Waals surface area contributed by atoms with Crippen molar-refractivity contribution in [2.45, 2.75) is 43.8 Å². The van der Waals surface area contributed by atoms with Crippen LogP contribution >= 0.6 is 0 Å². The lowest BCUT2D eigenvalue weighted by molar-refractivity contribution is -0.131. The van der Waals surface area contributed by atoms with Crippen molar-refractivity contribution in [3.8, 4) is 0 Å². The Bertz CT molecular complexity index is 1220. The lowest BCUT2D eigenvalue weighted by Gasteiger charge is -2.42. The van der Waals surface area contributed by atoms with Gasteiger partial charge in [0, 0.05) is 46.4 Å². The minimum absolute atomic E-state index is 0.0399. The third kappa shape index (κ3) is 3.61. The molecule has 0 amide bonds. The summed E-state index contributed by atoms with van der Waals surface area (Å²) < 4.78 is 30.9. The molecule has 2 heterocycles. The van der Waals surface area contributed by atoms with Gasteiger partial charge in [0.1, 0.15) is 11.6 Å². The van der Waals surface area contributed by atoms with Crippen LogP contribution in [0, 0.1) is 11.6 Å². The molecule has 1 aromatic heterocycles. The molecule has 2 atom stereocenters. The van der Waals surface area contributed by atoms with Gasteiger partial charge in [-0.2, -0.15) is 0 Å². The number of aromatic nitrogens is 1. The Hall–Kier alpha value is -3.03.